The summed E-state index contributed by atoms with van der Waals surface area (Å²) in [7, 11) is 0. The molecule has 1 aromatic carbocycles. The van der Waals surface area contributed by atoms with Gasteiger partial charge in [0.15, 0.2) is 5.75 Å². The van der Waals surface area contributed by atoms with Gasteiger partial charge in [0.1, 0.15) is 5.56 Å². The van der Waals surface area contributed by atoms with Gasteiger partial charge >= 0.3 is 5.97 Å². The van der Waals surface area contributed by atoms with Crippen molar-refractivity contribution in [3.8, 4) is 5.75 Å². The summed E-state index contributed by atoms with van der Waals surface area (Å²) in [6, 6.07) is 7.17. The van der Waals surface area contributed by atoms with Crippen LogP contribution in [-0.2, 0) is 0 Å². The fourth-order valence-corrected chi connectivity index (χ4v) is 1.78. The molecule has 0 saturated heterocycles. The maximum Gasteiger partial charge on any atom is 0.340 e. The van der Waals surface area contributed by atoms with Crippen molar-refractivity contribution in [1.29, 1.82) is 0 Å². The molecule has 0 spiro atoms. The Balaban J connectivity index is 2.46. The first-order chi connectivity index (χ1) is 8.74. The predicted molar refractivity (Wildman–Crippen MR) is 69.1 cm³/mol. The second-order valence-electron chi connectivity index (χ2n) is 4.02. The number of para-hydroxylation sites is 1. The molecule has 0 amide bonds. The summed E-state index contributed by atoms with van der Waals surface area (Å²) in [5.41, 5.74) is 0.856. The van der Waals surface area contributed by atoms with Crippen LogP contribution in [0, 0.1) is 0 Å². The SMILES string of the molecule is CCCCOc1cnc2ccccc2c1C(=O)O. The van der Waals surface area contributed by atoms with E-state index in [9.17, 15) is 9.90 Å². The standard InChI is InChI=1S/C14H15NO3/c1-2-3-8-18-12-9-15-11-7-5-4-6-10(11)13(12)14(16)17/h4-7,9H,2-3,8H2,1H3,(H,16,17). The summed E-state index contributed by atoms with van der Waals surface area (Å²) in [6.45, 7) is 2.57. The zero-order valence-corrected chi connectivity index (χ0v) is 10.2. The van der Waals surface area contributed by atoms with Crippen LogP contribution in [0.3, 0.4) is 0 Å². The molecule has 0 aliphatic rings. The van der Waals surface area contributed by atoms with Gasteiger partial charge in [-0.1, -0.05) is 31.5 Å². The molecule has 4 heteroatoms. The highest BCUT2D eigenvalue weighted by molar-refractivity contribution is 6.04. The van der Waals surface area contributed by atoms with E-state index in [1.54, 1.807) is 18.2 Å². The molecule has 1 heterocycles. The number of hydrogen-bond donors (Lipinski definition) is 1. The van der Waals surface area contributed by atoms with Crippen molar-refractivity contribution in [1.82, 2.24) is 4.98 Å². The highest BCUT2D eigenvalue weighted by Gasteiger charge is 2.16. The lowest BCUT2D eigenvalue weighted by molar-refractivity contribution is 0.0694. The van der Waals surface area contributed by atoms with Crippen molar-refractivity contribution in [3.63, 3.8) is 0 Å². The number of ether oxygens (including phenoxy) is 1. The van der Waals surface area contributed by atoms with Gasteiger partial charge in [-0.15, -0.1) is 0 Å². The van der Waals surface area contributed by atoms with Crippen molar-refractivity contribution in [3.05, 3.63) is 36.0 Å². The summed E-state index contributed by atoms with van der Waals surface area (Å²) in [4.78, 5) is 15.6. The van der Waals surface area contributed by atoms with E-state index in [1.165, 1.54) is 6.20 Å². The van der Waals surface area contributed by atoms with E-state index in [0.717, 1.165) is 12.8 Å². The van der Waals surface area contributed by atoms with Gasteiger partial charge in [-0.3, -0.25) is 4.98 Å². The number of fused-ring (bicyclic) bond motifs is 1. The van der Waals surface area contributed by atoms with Crippen LogP contribution >= 0.6 is 0 Å². The zero-order chi connectivity index (χ0) is 13.0. The molecule has 4 nitrogen and oxygen atoms in total. The summed E-state index contributed by atoms with van der Waals surface area (Å²) in [6.07, 6.45) is 3.39. The Morgan fingerprint density at radius 3 is 2.89 bits per heavy atom. The summed E-state index contributed by atoms with van der Waals surface area (Å²) in [5, 5.41) is 9.92. The van der Waals surface area contributed by atoms with Gasteiger partial charge in [-0.2, -0.15) is 0 Å². The monoisotopic (exact) mass is 245 g/mol. The Morgan fingerprint density at radius 2 is 2.17 bits per heavy atom. The minimum absolute atomic E-state index is 0.191. The molecule has 0 radical (unpaired) electrons. The van der Waals surface area contributed by atoms with Crippen LogP contribution in [0.25, 0.3) is 10.9 Å². The number of benzene rings is 1. The van der Waals surface area contributed by atoms with Crippen molar-refractivity contribution in [2.75, 3.05) is 6.61 Å². The Labute approximate surface area is 105 Å². The molecule has 0 aliphatic carbocycles. The topological polar surface area (TPSA) is 59.4 Å². The van der Waals surface area contributed by atoms with Crippen molar-refractivity contribution in [2.45, 2.75) is 19.8 Å². The largest absolute Gasteiger partial charge is 0.491 e. The number of nitrogens with zero attached hydrogens (tertiary/aromatic N) is 1. The van der Waals surface area contributed by atoms with E-state index < -0.39 is 5.97 Å². The maximum atomic E-state index is 11.4. The summed E-state index contributed by atoms with van der Waals surface area (Å²) < 4.78 is 5.50. The van der Waals surface area contributed by atoms with Crippen molar-refractivity contribution >= 4 is 16.9 Å². The molecule has 0 atom stereocenters. The quantitative estimate of drug-likeness (QED) is 0.822. The van der Waals surface area contributed by atoms with Gasteiger partial charge in [0.05, 0.1) is 18.3 Å². The zero-order valence-electron chi connectivity index (χ0n) is 10.2. The number of aromatic carboxylic acids is 1. The van der Waals surface area contributed by atoms with Gasteiger partial charge in [-0.25, -0.2) is 4.79 Å². The normalized spacial score (nSPS) is 10.5. The van der Waals surface area contributed by atoms with E-state index >= 15 is 0 Å². The average Bonchev–Trinajstić information content (AvgIpc) is 2.38. The first-order valence-corrected chi connectivity index (χ1v) is 5.98. The Morgan fingerprint density at radius 1 is 1.39 bits per heavy atom. The number of aromatic nitrogens is 1. The van der Waals surface area contributed by atoms with E-state index in [-0.39, 0.29) is 5.56 Å². The predicted octanol–water partition coefficient (Wildman–Crippen LogP) is 3.11. The third kappa shape index (κ3) is 2.42. The first kappa shape index (κ1) is 12.4. The lowest BCUT2D eigenvalue weighted by atomic mass is 10.1. The molecule has 18 heavy (non-hydrogen) atoms. The number of unbranched alkanes of at least 4 members (excludes halogenated alkanes) is 1. The van der Waals surface area contributed by atoms with Gasteiger partial charge in [-0.05, 0) is 12.5 Å². The van der Waals surface area contributed by atoms with Crippen LogP contribution in [-0.4, -0.2) is 22.7 Å². The van der Waals surface area contributed by atoms with Crippen LogP contribution < -0.4 is 4.74 Å². The number of hydrogen-bond acceptors (Lipinski definition) is 3. The van der Waals surface area contributed by atoms with E-state index in [4.69, 9.17) is 4.74 Å². The fourth-order valence-electron chi connectivity index (χ4n) is 1.78. The van der Waals surface area contributed by atoms with Crippen LogP contribution in [0.5, 0.6) is 5.75 Å². The first-order valence-electron chi connectivity index (χ1n) is 5.98. The second kappa shape index (κ2) is 5.49. The van der Waals surface area contributed by atoms with E-state index in [1.807, 2.05) is 6.07 Å². The maximum absolute atomic E-state index is 11.4. The van der Waals surface area contributed by atoms with Crippen LogP contribution in [0.15, 0.2) is 30.5 Å². The fraction of sp³-hybridized carbons (Fsp3) is 0.286. The average molecular weight is 245 g/mol. The Bertz CT molecular complexity index is 566. The van der Waals surface area contributed by atoms with E-state index in [2.05, 4.69) is 11.9 Å². The van der Waals surface area contributed by atoms with Gasteiger partial charge < -0.3 is 9.84 Å². The van der Waals surface area contributed by atoms with Gasteiger partial charge in [0, 0.05) is 5.39 Å². The minimum Gasteiger partial charge on any atom is -0.491 e. The molecular weight excluding hydrogens is 230 g/mol. The van der Waals surface area contributed by atoms with Crippen LogP contribution in [0.1, 0.15) is 30.1 Å². The lowest BCUT2D eigenvalue weighted by Gasteiger charge is -2.10. The number of pyridine rings is 1. The van der Waals surface area contributed by atoms with Crippen LogP contribution in [0.2, 0.25) is 0 Å². The molecule has 0 aliphatic heterocycles. The Kier molecular flexibility index (Phi) is 3.77. The van der Waals surface area contributed by atoms with Gasteiger partial charge in [0.25, 0.3) is 0 Å². The van der Waals surface area contributed by atoms with Crippen LogP contribution in [0.4, 0.5) is 0 Å². The molecule has 2 rings (SSSR count). The summed E-state index contributed by atoms with van der Waals surface area (Å²) >= 11 is 0. The number of rotatable bonds is 5. The second-order valence-corrected chi connectivity index (χ2v) is 4.02. The molecule has 0 unspecified atom stereocenters. The van der Waals surface area contributed by atoms with Crippen molar-refractivity contribution in [2.24, 2.45) is 0 Å². The highest BCUT2D eigenvalue weighted by Crippen LogP contribution is 2.26. The molecule has 0 saturated carbocycles. The number of carbonyl (C=O) groups is 1. The molecule has 1 aromatic heterocycles. The van der Waals surface area contributed by atoms with Gasteiger partial charge in [0.2, 0.25) is 0 Å². The molecule has 1 N–H and O–H groups in total. The minimum atomic E-state index is -0.986. The highest BCUT2D eigenvalue weighted by atomic mass is 16.5. The molecule has 0 bridgehead atoms. The molecule has 94 valence electrons. The number of carboxylic acids is 1. The molecule has 0 fully saturated rings. The Hall–Kier alpha value is -2.10. The van der Waals surface area contributed by atoms with Crippen molar-refractivity contribution < 1.29 is 14.6 Å². The smallest absolute Gasteiger partial charge is 0.340 e. The van der Waals surface area contributed by atoms with E-state index in [0.29, 0.717) is 23.3 Å². The third-order valence-electron chi connectivity index (χ3n) is 2.71. The lowest BCUT2D eigenvalue weighted by Crippen LogP contribution is -2.06. The molecule has 2 aromatic rings. The molecular formula is C14H15NO3. The number of carboxylic acid groups (broad SMARTS) is 1. The third-order valence-corrected chi connectivity index (χ3v) is 2.71. The summed E-state index contributed by atoms with van der Waals surface area (Å²) in [5.74, 6) is -0.644.